The van der Waals surface area contributed by atoms with E-state index in [4.69, 9.17) is 9.47 Å². The Morgan fingerprint density at radius 1 is 1.16 bits per heavy atom. The van der Waals surface area contributed by atoms with E-state index < -0.39 is 0 Å². The molecule has 0 bridgehead atoms. The average molecular weight is 337 g/mol. The monoisotopic (exact) mass is 337 g/mol. The summed E-state index contributed by atoms with van der Waals surface area (Å²) in [4.78, 5) is 13.0. The van der Waals surface area contributed by atoms with Crippen LogP contribution in [0.15, 0.2) is 36.4 Å². The summed E-state index contributed by atoms with van der Waals surface area (Å²) in [5.41, 5.74) is 3.28. The van der Waals surface area contributed by atoms with Gasteiger partial charge in [0.15, 0.2) is 17.3 Å². The Labute approximate surface area is 148 Å². The zero-order chi connectivity index (χ0) is 17.4. The molecule has 0 spiro atoms. The fourth-order valence-corrected chi connectivity index (χ4v) is 3.83. The Kier molecular flexibility index (Phi) is 4.22. The number of carbonyl (C=O) groups is 1. The smallest absolute Gasteiger partial charge is 0.198 e. The molecular weight excluding hydrogens is 314 g/mol. The van der Waals surface area contributed by atoms with Crippen molar-refractivity contribution < 1.29 is 14.3 Å². The highest BCUT2D eigenvalue weighted by Crippen LogP contribution is 2.46. The number of hydrogen-bond acceptors (Lipinski definition) is 4. The van der Waals surface area contributed by atoms with Gasteiger partial charge >= 0.3 is 0 Å². The lowest BCUT2D eigenvalue weighted by Crippen LogP contribution is -2.36. The fourth-order valence-electron chi connectivity index (χ4n) is 3.83. The molecule has 1 aliphatic carbocycles. The summed E-state index contributed by atoms with van der Waals surface area (Å²) in [6.07, 6.45) is 2.23. The molecule has 1 N–H and O–H groups in total. The van der Waals surface area contributed by atoms with Crippen LogP contribution in [0, 0.1) is 0 Å². The Morgan fingerprint density at radius 3 is 2.68 bits per heavy atom. The lowest BCUT2D eigenvalue weighted by atomic mass is 10.0. The minimum atomic E-state index is -0.0234. The van der Waals surface area contributed by atoms with Gasteiger partial charge in [-0.2, -0.15) is 0 Å². The minimum Gasteiger partial charge on any atom is -0.490 e. The Hall–Kier alpha value is -2.33. The highest BCUT2D eigenvalue weighted by atomic mass is 16.5. The second-order valence-electron chi connectivity index (χ2n) is 6.65. The summed E-state index contributed by atoms with van der Waals surface area (Å²) in [6, 6.07) is 11.9. The summed E-state index contributed by atoms with van der Waals surface area (Å²) in [5.74, 6) is 1.25. The van der Waals surface area contributed by atoms with Gasteiger partial charge in [0.1, 0.15) is 6.10 Å². The largest absolute Gasteiger partial charge is 0.490 e. The van der Waals surface area contributed by atoms with Crippen molar-refractivity contribution in [3.8, 4) is 22.6 Å². The van der Waals surface area contributed by atoms with Crippen LogP contribution in [0.5, 0.6) is 11.5 Å². The summed E-state index contributed by atoms with van der Waals surface area (Å²) >= 11 is 0. The van der Waals surface area contributed by atoms with E-state index in [0.717, 1.165) is 36.1 Å². The molecule has 0 aromatic heterocycles. The van der Waals surface area contributed by atoms with E-state index in [9.17, 15) is 4.79 Å². The quantitative estimate of drug-likeness (QED) is 0.769. The van der Waals surface area contributed by atoms with E-state index in [1.807, 2.05) is 43.3 Å². The summed E-state index contributed by atoms with van der Waals surface area (Å²) in [5, 5.41) is 3.47. The first-order chi connectivity index (χ1) is 12.2. The first-order valence-electron chi connectivity index (χ1n) is 9.04. The maximum absolute atomic E-state index is 13.0. The molecule has 0 radical (unpaired) electrons. The number of nitrogens with one attached hydrogen (secondary N) is 1. The van der Waals surface area contributed by atoms with Gasteiger partial charge in [-0.25, -0.2) is 0 Å². The van der Waals surface area contributed by atoms with E-state index in [-0.39, 0.29) is 11.9 Å². The van der Waals surface area contributed by atoms with Gasteiger partial charge in [-0.1, -0.05) is 24.3 Å². The second-order valence-corrected chi connectivity index (χ2v) is 6.65. The van der Waals surface area contributed by atoms with Crippen LogP contribution in [-0.2, 0) is 0 Å². The van der Waals surface area contributed by atoms with E-state index in [0.29, 0.717) is 29.7 Å². The van der Waals surface area contributed by atoms with E-state index >= 15 is 0 Å². The summed E-state index contributed by atoms with van der Waals surface area (Å²) in [6.45, 7) is 5.56. The van der Waals surface area contributed by atoms with Crippen LogP contribution in [0.25, 0.3) is 11.1 Å². The van der Waals surface area contributed by atoms with Gasteiger partial charge in [0.2, 0.25) is 0 Å². The molecule has 1 fully saturated rings. The molecule has 2 aliphatic rings. The normalized spacial score (nSPS) is 19.4. The molecule has 0 amide bonds. The average Bonchev–Trinajstić information content (AvgIpc) is 3.25. The Bertz CT molecular complexity index is 809. The van der Waals surface area contributed by atoms with Crippen LogP contribution in [-0.4, -0.2) is 31.1 Å². The maximum atomic E-state index is 13.0. The van der Waals surface area contributed by atoms with Crippen LogP contribution in [0.2, 0.25) is 0 Å². The molecule has 2 atom stereocenters. The number of hydrogen-bond donors (Lipinski definition) is 1. The Morgan fingerprint density at radius 2 is 1.96 bits per heavy atom. The van der Waals surface area contributed by atoms with Crippen molar-refractivity contribution in [3.63, 3.8) is 0 Å². The van der Waals surface area contributed by atoms with Crippen LogP contribution < -0.4 is 14.8 Å². The van der Waals surface area contributed by atoms with Gasteiger partial charge < -0.3 is 14.8 Å². The van der Waals surface area contributed by atoms with Gasteiger partial charge in [-0.05, 0) is 56.5 Å². The second kappa shape index (κ2) is 6.52. The van der Waals surface area contributed by atoms with Gasteiger partial charge in [0.25, 0.3) is 0 Å². The number of carbonyl (C=O) groups excluding carboxylic acids is 1. The molecule has 2 aromatic carbocycles. The highest BCUT2D eigenvalue weighted by Gasteiger charge is 2.33. The molecule has 1 saturated heterocycles. The predicted octanol–water partition coefficient (Wildman–Crippen LogP) is 3.82. The Balaban J connectivity index is 1.78. The highest BCUT2D eigenvalue weighted by molar-refractivity contribution is 6.23. The zero-order valence-corrected chi connectivity index (χ0v) is 14.7. The molecule has 4 heteroatoms. The lowest BCUT2D eigenvalue weighted by molar-refractivity contribution is 0.103. The molecular formula is C21H23NO3. The number of ketones is 1. The number of ether oxygens (including phenoxy) is 2. The lowest BCUT2D eigenvalue weighted by Gasteiger charge is -2.24. The molecule has 4 nitrogen and oxygen atoms in total. The van der Waals surface area contributed by atoms with Crippen molar-refractivity contribution in [1.82, 2.24) is 5.32 Å². The predicted molar refractivity (Wildman–Crippen MR) is 97.6 cm³/mol. The van der Waals surface area contributed by atoms with Gasteiger partial charge in [-0.3, -0.25) is 4.79 Å². The standard InChI is InChI=1S/C21H23NO3/c1-3-24-18-11-10-15-14-7-4-5-8-16(14)20(23)19(15)21(18)25-13(2)17-9-6-12-22-17/h4-5,7-8,10-11,13,17,22H,3,6,9,12H2,1-2H3. The van der Waals surface area contributed by atoms with E-state index in [2.05, 4.69) is 12.2 Å². The molecule has 25 heavy (non-hydrogen) atoms. The third-order valence-corrected chi connectivity index (χ3v) is 5.08. The fraction of sp³-hybridized carbons (Fsp3) is 0.381. The van der Waals surface area contributed by atoms with Crippen molar-refractivity contribution in [3.05, 3.63) is 47.5 Å². The summed E-state index contributed by atoms with van der Waals surface area (Å²) < 4.78 is 12.1. The molecule has 2 aromatic rings. The van der Waals surface area contributed by atoms with E-state index in [1.165, 1.54) is 0 Å². The van der Waals surface area contributed by atoms with Crippen molar-refractivity contribution in [2.24, 2.45) is 0 Å². The third-order valence-electron chi connectivity index (χ3n) is 5.08. The number of rotatable bonds is 5. The van der Waals surface area contributed by atoms with Gasteiger partial charge in [0, 0.05) is 11.6 Å². The van der Waals surface area contributed by atoms with Crippen LogP contribution in [0.4, 0.5) is 0 Å². The molecule has 2 unspecified atom stereocenters. The number of benzene rings is 2. The SMILES string of the molecule is CCOc1ccc2c(c1OC(C)C1CCCN1)C(=O)c1ccccc1-2. The van der Waals surface area contributed by atoms with Crippen molar-refractivity contribution in [1.29, 1.82) is 0 Å². The van der Waals surface area contributed by atoms with Gasteiger partial charge in [0.05, 0.1) is 12.2 Å². The molecule has 130 valence electrons. The zero-order valence-electron chi connectivity index (χ0n) is 14.7. The molecule has 4 rings (SSSR count). The van der Waals surface area contributed by atoms with Crippen LogP contribution in [0.3, 0.4) is 0 Å². The van der Waals surface area contributed by atoms with Crippen molar-refractivity contribution in [2.75, 3.05) is 13.2 Å². The first kappa shape index (κ1) is 16.2. The minimum absolute atomic E-state index is 0.0220. The number of fused-ring (bicyclic) bond motifs is 3. The van der Waals surface area contributed by atoms with E-state index in [1.54, 1.807) is 0 Å². The topological polar surface area (TPSA) is 47.6 Å². The third kappa shape index (κ3) is 2.71. The van der Waals surface area contributed by atoms with Crippen molar-refractivity contribution in [2.45, 2.75) is 38.8 Å². The van der Waals surface area contributed by atoms with Crippen LogP contribution >= 0.6 is 0 Å². The summed E-state index contributed by atoms with van der Waals surface area (Å²) in [7, 11) is 0. The van der Waals surface area contributed by atoms with Crippen molar-refractivity contribution >= 4 is 5.78 Å². The first-order valence-corrected chi connectivity index (χ1v) is 9.04. The van der Waals surface area contributed by atoms with Gasteiger partial charge in [-0.15, -0.1) is 0 Å². The molecule has 1 heterocycles. The van der Waals surface area contributed by atoms with Crippen LogP contribution in [0.1, 0.15) is 42.6 Å². The molecule has 0 saturated carbocycles. The maximum Gasteiger partial charge on any atom is 0.198 e. The molecule has 1 aliphatic heterocycles.